The van der Waals surface area contributed by atoms with Crippen LogP contribution in [0.4, 0.5) is 24.5 Å². The molecule has 0 radical (unpaired) electrons. The van der Waals surface area contributed by atoms with Crippen molar-refractivity contribution in [1.29, 1.82) is 0 Å². The van der Waals surface area contributed by atoms with E-state index in [2.05, 4.69) is 5.32 Å². The molecule has 0 saturated carbocycles. The van der Waals surface area contributed by atoms with Gasteiger partial charge in [-0.25, -0.2) is 0 Å². The Morgan fingerprint density at radius 3 is 2.69 bits per heavy atom. The van der Waals surface area contributed by atoms with Crippen LogP contribution in [-0.2, 0) is 20.5 Å². The average molecular weight is 417 g/mol. The van der Waals surface area contributed by atoms with Gasteiger partial charge in [-0.05, 0) is 38.3 Å². The summed E-state index contributed by atoms with van der Waals surface area (Å²) in [5, 5.41) is 13.6. The molecular weight excluding hydrogens is 395 g/mol. The summed E-state index contributed by atoms with van der Waals surface area (Å²) in [7, 11) is 0. The van der Waals surface area contributed by atoms with Crippen LogP contribution >= 0.6 is 0 Å². The lowest BCUT2D eigenvalue weighted by atomic mass is 10.0. The second-order valence-corrected chi connectivity index (χ2v) is 6.76. The molecule has 1 N–H and O–H groups in total. The van der Waals surface area contributed by atoms with Gasteiger partial charge in [-0.2, -0.15) is 13.2 Å². The van der Waals surface area contributed by atoms with Gasteiger partial charge in [-0.1, -0.05) is 0 Å². The van der Waals surface area contributed by atoms with Gasteiger partial charge in [-0.15, -0.1) is 0 Å². The molecule has 0 bridgehead atoms. The number of rotatable bonds is 7. The number of nitro benzene ring substituents is 1. The Morgan fingerprint density at radius 2 is 2.07 bits per heavy atom. The number of carbonyl (C=O) groups excluding carboxylic acids is 2. The Labute approximate surface area is 165 Å². The number of amides is 1. The average Bonchev–Trinajstić information content (AvgIpc) is 2.65. The quantitative estimate of drug-likeness (QED) is 0.415. The molecule has 0 aliphatic carbocycles. The zero-order valence-corrected chi connectivity index (χ0v) is 15.8. The number of nitrogens with zero attached hydrogens (tertiary/aromatic N) is 2. The molecule has 1 saturated heterocycles. The standard InChI is InChI=1S/C18H22F3N3O5/c1-12-4-2-3-9-23(12)16(25)11-29-17(26)7-8-22-14-6-5-13(18(19,20)21)10-15(14)24(27)28/h5-6,10,12,22H,2-4,7-9,11H2,1H3/t12-/m0/s1. The van der Waals surface area contributed by atoms with Crippen molar-refractivity contribution in [3.05, 3.63) is 33.9 Å². The molecule has 1 aromatic rings. The maximum atomic E-state index is 12.7. The van der Waals surface area contributed by atoms with Crippen LogP contribution in [0.25, 0.3) is 0 Å². The van der Waals surface area contributed by atoms with Crippen molar-refractivity contribution in [2.75, 3.05) is 25.0 Å². The van der Waals surface area contributed by atoms with E-state index < -0.39 is 28.3 Å². The van der Waals surface area contributed by atoms with Gasteiger partial charge < -0.3 is 15.0 Å². The summed E-state index contributed by atoms with van der Waals surface area (Å²) in [6, 6.07) is 2.18. The number of likely N-dealkylation sites (tertiary alicyclic amines) is 1. The molecule has 1 aromatic carbocycles. The van der Waals surface area contributed by atoms with Crippen molar-refractivity contribution >= 4 is 23.3 Å². The highest BCUT2D eigenvalue weighted by atomic mass is 19.4. The number of nitrogens with one attached hydrogen (secondary N) is 1. The van der Waals surface area contributed by atoms with E-state index in [1.807, 2.05) is 6.92 Å². The number of carbonyl (C=O) groups is 2. The van der Waals surface area contributed by atoms with Crippen molar-refractivity contribution in [1.82, 2.24) is 4.90 Å². The first-order valence-electron chi connectivity index (χ1n) is 9.14. The number of alkyl halides is 3. The number of halogens is 3. The van der Waals surface area contributed by atoms with E-state index in [0.717, 1.165) is 25.3 Å². The van der Waals surface area contributed by atoms with Crippen LogP contribution < -0.4 is 5.32 Å². The molecule has 11 heteroatoms. The first-order chi connectivity index (χ1) is 13.6. The number of hydrogen-bond acceptors (Lipinski definition) is 6. The SMILES string of the molecule is C[C@H]1CCCCN1C(=O)COC(=O)CCNc1ccc(C(F)(F)F)cc1[N+](=O)[O-]. The topological polar surface area (TPSA) is 102 Å². The second kappa shape index (κ2) is 9.57. The molecule has 0 spiro atoms. The number of benzene rings is 1. The molecule has 2 rings (SSSR count). The lowest BCUT2D eigenvalue weighted by Gasteiger charge is -2.33. The van der Waals surface area contributed by atoms with Crippen molar-refractivity contribution in [2.45, 2.75) is 44.8 Å². The summed E-state index contributed by atoms with van der Waals surface area (Å²) < 4.78 is 43.0. The van der Waals surface area contributed by atoms with Crippen molar-refractivity contribution in [2.24, 2.45) is 0 Å². The Morgan fingerprint density at radius 1 is 1.34 bits per heavy atom. The first kappa shape index (κ1) is 22.4. The summed E-state index contributed by atoms with van der Waals surface area (Å²) in [4.78, 5) is 35.6. The molecule has 1 atom stereocenters. The minimum Gasteiger partial charge on any atom is -0.456 e. The summed E-state index contributed by atoms with van der Waals surface area (Å²) in [6.07, 6.45) is -2.06. The van der Waals surface area contributed by atoms with E-state index in [1.165, 1.54) is 0 Å². The van der Waals surface area contributed by atoms with Crippen LogP contribution in [0.1, 0.15) is 38.2 Å². The van der Waals surface area contributed by atoms with Gasteiger partial charge in [0.25, 0.3) is 11.6 Å². The third-order valence-corrected chi connectivity index (χ3v) is 4.65. The number of piperidine rings is 1. The Hall–Kier alpha value is -2.85. The molecule has 1 aliphatic heterocycles. The van der Waals surface area contributed by atoms with Gasteiger partial charge in [0.2, 0.25) is 0 Å². The monoisotopic (exact) mass is 417 g/mol. The van der Waals surface area contributed by atoms with E-state index in [0.29, 0.717) is 18.7 Å². The normalized spacial score (nSPS) is 17.0. The zero-order chi connectivity index (χ0) is 21.6. The van der Waals surface area contributed by atoms with Crippen molar-refractivity contribution in [3.8, 4) is 0 Å². The van der Waals surface area contributed by atoms with Gasteiger partial charge in [0.1, 0.15) is 5.69 Å². The van der Waals surface area contributed by atoms with Gasteiger partial charge in [0, 0.05) is 25.2 Å². The van der Waals surface area contributed by atoms with Gasteiger partial charge in [-0.3, -0.25) is 19.7 Å². The lowest BCUT2D eigenvalue weighted by molar-refractivity contribution is -0.384. The molecule has 160 valence electrons. The fourth-order valence-electron chi connectivity index (χ4n) is 3.07. The molecule has 8 nitrogen and oxygen atoms in total. The van der Waals surface area contributed by atoms with Crippen LogP contribution in [0.15, 0.2) is 18.2 Å². The highest BCUT2D eigenvalue weighted by Crippen LogP contribution is 2.34. The molecule has 29 heavy (non-hydrogen) atoms. The third-order valence-electron chi connectivity index (χ3n) is 4.65. The number of nitro groups is 1. The van der Waals surface area contributed by atoms with E-state index in [4.69, 9.17) is 4.74 Å². The largest absolute Gasteiger partial charge is 0.456 e. The van der Waals surface area contributed by atoms with Crippen LogP contribution in [0.2, 0.25) is 0 Å². The maximum absolute atomic E-state index is 12.7. The van der Waals surface area contributed by atoms with Crippen LogP contribution in [0.3, 0.4) is 0 Å². The van der Waals surface area contributed by atoms with Crippen LogP contribution in [-0.4, -0.2) is 47.4 Å². The van der Waals surface area contributed by atoms with Gasteiger partial charge in [0.15, 0.2) is 6.61 Å². The molecule has 1 fully saturated rings. The van der Waals surface area contributed by atoms with Crippen molar-refractivity contribution in [3.63, 3.8) is 0 Å². The van der Waals surface area contributed by atoms with Crippen LogP contribution in [0.5, 0.6) is 0 Å². The Kier molecular flexibility index (Phi) is 7.40. The van der Waals surface area contributed by atoms with E-state index in [-0.39, 0.29) is 37.2 Å². The zero-order valence-electron chi connectivity index (χ0n) is 15.8. The second-order valence-electron chi connectivity index (χ2n) is 6.76. The third kappa shape index (κ3) is 6.33. The fraction of sp³-hybridized carbons (Fsp3) is 0.556. The number of ether oxygens (including phenoxy) is 1. The summed E-state index contributed by atoms with van der Waals surface area (Å²) >= 11 is 0. The predicted octanol–water partition coefficient (Wildman–Crippen LogP) is 3.36. The summed E-state index contributed by atoms with van der Waals surface area (Å²) in [5.41, 5.74) is -2.03. The predicted molar refractivity (Wildman–Crippen MR) is 97.2 cm³/mol. The van der Waals surface area contributed by atoms with E-state index >= 15 is 0 Å². The minimum absolute atomic E-state index is 0.0943. The molecule has 1 aliphatic rings. The van der Waals surface area contributed by atoms with E-state index in [9.17, 15) is 32.9 Å². The highest BCUT2D eigenvalue weighted by Gasteiger charge is 2.33. The van der Waals surface area contributed by atoms with Gasteiger partial charge in [0.05, 0.1) is 16.9 Å². The summed E-state index contributed by atoms with van der Waals surface area (Å²) in [5.74, 6) is -0.970. The number of hydrogen-bond donors (Lipinski definition) is 1. The van der Waals surface area contributed by atoms with Crippen molar-refractivity contribution < 1.29 is 32.4 Å². The number of esters is 1. The van der Waals surface area contributed by atoms with Crippen LogP contribution in [0, 0.1) is 10.1 Å². The van der Waals surface area contributed by atoms with Gasteiger partial charge >= 0.3 is 12.1 Å². The lowest BCUT2D eigenvalue weighted by Crippen LogP contribution is -2.44. The smallest absolute Gasteiger partial charge is 0.416 e. The molecule has 1 amide bonds. The number of anilines is 1. The molecule has 0 unspecified atom stereocenters. The Balaban J connectivity index is 1.84. The minimum atomic E-state index is -4.70. The van der Waals surface area contributed by atoms with E-state index in [1.54, 1.807) is 4.90 Å². The maximum Gasteiger partial charge on any atom is 0.416 e. The first-order valence-corrected chi connectivity index (χ1v) is 9.14. The highest BCUT2D eigenvalue weighted by molar-refractivity contribution is 5.81. The Bertz CT molecular complexity index is 770. The fourth-order valence-corrected chi connectivity index (χ4v) is 3.07. The summed E-state index contributed by atoms with van der Waals surface area (Å²) in [6.45, 7) is 2.07. The molecule has 0 aromatic heterocycles. The molecule has 1 heterocycles. The molecular formula is C18H22F3N3O5.